The van der Waals surface area contributed by atoms with Gasteiger partial charge in [-0.1, -0.05) is 246 Å². The van der Waals surface area contributed by atoms with Crippen molar-refractivity contribution >= 4 is 39.5 Å². The third kappa shape index (κ3) is 59.0. The molecule has 6 atom stereocenters. The monoisotopic (exact) mass is 1250 g/mol. The summed E-state index contributed by atoms with van der Waals surface area (Å²) in [4.78, 5) is 72.2. The minimum absolute atomic E-state index is 0.0946. The lowest BCUT2D eigenvalue weighted by Gasteiger charge is -2.21. The Balaban J connectivity index is 5.25. The molecule has 0 saturated heterocycles. The Bertz CT molecular complexity index is 1780. The van der Waals surface area contributed by atoms with E-state index in [-0.39, 0.29) is 25.7 Å². The lowest BCUT2D eigenvalue weighted by molar-refractivity contribution is -0.161. The number of carbonyl (C=O) groups excluding carboxylic acids is 4. The Labute approximate surface area is 516 Å². The number of unbranched alkanes of at least 4 members (excludes halogenated alkanes) is 26. The van der Waals surface area contributed by atoms with Crippen molar-refractivity contribution in [1.82, 2.24) is 0 Å². The van der Waals surface area contributed by atoms with Crippen LogP contribution in [0, 0.1) is 17.8 Å². The van der Waals surface area contributed by atoms with Crippen LogP contribution in [0.1, 0.15) is 299 Å². The van der Waals surface area contributed by atoms with E-state index in [9.17, 15) is 43.2 Å². The molecule has 0 rings (SSSR count). The van der Waals surface area contributed by atoms with Gasteiger partial charge in [0.05, 0.1) is 26.4 Å². The molecule has 500 valence electrons. The predicted octanol–water partition coefficient (Wildman–Crippen LogP) is 17.8. The number of rotatable bonds is 62. The molecule has 0 radical (unpaired) electrons. The van der Waals surface area contributed by atoms with Crippen molar-refractivity contribution in [2.75, 3.05) is 39.6 Å². The summed E-state index contributed by atoms with van der Waals surface area (Å²) in [5.41, 5.74) is 0. The van der Waals surface area contributed by atoms with Crippen LogP contribution >= 0.6 is 15.6 Å². The zero-order valence-corrected chi connectivity index (χ0v) is 56.3. The number of hydrogen-bond donors (Lipinski definition) is 3. The van der Waals surface area contributed by atoms with Gasteiger partial charge in [-0.3, -0.25) is 37.3 Å². The molecule has 0 aromatic carbocycles. The second kappa shape index (κ2) is 56.8. The zero-order chi connectivity index (χ0) is 63.1. The van der Waals surface area contributed by atoms with Crippen LogP contribution in [0.4, 0.5) is 0 Å². The number of esters is 4. The van der Waals surface area contributed by atoms with Crippen molar-refractivity contribution in [2.45, 2.75) is 317 Å². The number of allylic oxidation sites excluding steroid dienone is 4. The molecular formula is C66H124O17P2. The van der Waals surface area contributed by atoms with E-state index in [4.69, 9.17) is 37.0 Å². The highest BCUT2D eigenvalue weighted by atomic mass is 31.2. The van der Waals surface area contributed by atoms with Gasteiger partial charge in [-0.15, -0.1) is 0 Å². The number of aliphatic hydroxyl groups excluding tert-OH is 1. The molecule has 0 aliphatic carbocycles. The van der Waals surface area contributed by atoms with Crippen molar-refractivity contribution in [1.29, 1.82) is 0 Å². The van der Waals surface area contributed by atoms with Crippen LogP contribution in [0.25, 0.3) is 0 Å². The first-order valence-electron chi connectivity index (χ1n) is 33.7. The van der Waals surface area contributed by atoms with Gasteiger partial charge in [0, 0.05) is 25.7 Å². The molecule has 0 heterocycles. The van der Waals surface area contributed by atoms with Crippen LogP contribution in [0.15, 0.2) is 24.3 Å². The van der Waals surface area contributed by atoms with Crippen molar-refractivity contribution < 1.29 is 80.2 Å². The van der Waals surface area contributed by atoms with Crippen LogP contribution < -0.4 is 0 Å². The number of phosphoric ester groups is 2. The average molecular weight is 1250 g/mol. The summed E-state index contributed by atoms with van der Waals surface area (Å²) in [6, 6.07) is 0. The van der Waals surface area contributed by atoms with Crippen LogP contribution in [0.2, 0.25) is 0 Å². The summed E-state index contributed by atoms with van der Waals surface area (Å²) in [5, 5.41) is 10.5. The second-order valence-corrected chi connectivity index (χ2v) is 27.3. The van der Waals surface area contributed by atoms with Crippen molar-refractivity contribution in [2.24, 2.45) is 17.8 Å². The Kier molecular flexibility index (Phi) is 55.1. The molecule has 85 heavy (non-hydrogen) atoms. The summed E-state index contributed by atoms with van der Waals surface area (Å²) in [6.07, 6.45) is 41.4. The molecule has 0 saturated carbocycles. The number of hydrogen-bond acceptors (Lipinski definition) is 15. The largest absolute Gasteiger partial charge is 0.472 e. The number of phosphoric acid groups is 2. The van der Waals surface area contributed by atoms with E-state index in [2.05, 4.69) is 72.8 Å². The first-order chi connectivity index (χ1) is 40.8. The molecule has 0 aromatic heterocycles. The molecule has 19 heteroatoms. The SMILES string of the molecule is CCCCCC/C=C\C=C/CCCCCCCC(=O)OC[C@H](COP(=O)(O)OC[C@@H](O)COP(=O)(O)OC[C@@H](COC(=O)CCCCCCCCC(C)CC)OC(=O)CCCCCCCCCCC(C)C)OC(=O)CCCCCCCCC(C)C. The number of ether oxygens (including phenoxy) is 4. The third-order valence-electron chi connectivity index (χ3n) is 14.9. The quantitative estimate of drug-likeness (QED) is 0.0169. The normalized spacial score (nSPS) is 14.8. The molecule has 3 unspecified atom stereocenters. The topological polar surface area (TPSA) is 237 Å². The number of aliphatic hydroxyl groups is 1. The van der Waals surface area contributed by atoms with Gasteiger partial charge in [0.1, 0.15) is 19.3 Å². The minimum Gasteiger partial charge on any atom is -0.462 e. The summed E-state index contributed by atoms with van der Waals surface area (Å²) in [7, 11) is -9.90. The molecule has 0 aliphatic heterocycles. The maximum absolute atomic E-state index is 13.0. The summed E-state index contributed by atoms with van der Waals surface area (Å²) < 4.78 is 68.0. The van der Waals surface area contributed by atoms with Gasteiger partial charge in [0.15, 0.2) is 12.2 Å². The third-order valence-corrected chi connectivity index (χ3v) is 16.8. The Morgan fingerprint density at radius 1 is 0.388 bits per heavy atom. The first-order valence-corrected chi connectivity index (χ1v) is 36.7. The smallest absolute Gasteiger partial charge is 0.462 e. The highest BCUT2D eigenvalue weighted by Crippen LogP contribution is 2.45. The fourth-order valence-electron chi connectivity index (χ4n) is 9.26. The Morgan fingerprint density at radius 3 is 1.05 bits per heavy atom. The van der Waals surface area contributed by atoms with Gasteiger partial charge >= 0.3 is 39.5 Å². The molecule has 3 N–H and O–H groups in total. The van der Waals surface area contributed by atoms with E-state index < -0.39 is 97.5 Å². The van der Waals surface area contributed by atoms with Gasteiger partial charge in [0.25, 0.3) is 0 Å². The van der Waals surface area contributed by atoms with E-state index in [0.717, 1.165) is 121 Å². The van der Waals surface area contributed by atoms with Gasteiger partial charge in [-0.2, -0.15) is 0 Å². The molecule has 0 aliphatic rings. The summed E-state index contributed by atoms with van der Waals surface area (Å²) >= 11 is 0. The highest BCUT2D eigenvalue weighted by molar-refractivity contribution is 7.47. The standard InChI is InChI=1S/C66H124O17P2/c1-8-10-11-12-13-14-15-16-17-18-19-20-24-33-40-47-63(68)76-53-62(83-66(71)50-43-36-28-26-31-38-45-58(5)6)56-81-85(74,75)79-52-60(67)51-78-84(72,73)80-55-61(54-77-64(69)48-41-34-29-27-32-39-46-59(7)9-2)82-65(70)49-42-35-25-22-21-23-30-37-44-57(3)4/h14-17,57-62,67H,8-13,18-56H2,1-7H3,(H,72,73)(H,74,75)/b15-14-,17-16-/t59?,60-,61+,62+/m0/s1. The van der Waals surface area contributed by atoms with E-state index in [1.165, 1.54) is 83.5 Å². The number of carbonyl (C=O) groups is 4. The van der Waals surface area contributed by atoms with E-state index in [0.29, 0.717) is 37.5 Å². The zero-order valence-electron chi connectivity index (χ0n) is 54.5. The first kappa shape index (κ1) is 82.5. The maximum atomic E-state index is 13.0. The Hall–Kier alpha value is -2.46. The van der Waals surface area contributed by atoms with E-state index >= 15 is 0 Å². The fraction of sp³-hybridized carbons (Fsp3) is 0.879. The molecule has 0 fully saturated rings. The van der Waals surface area contributed by atoms with Crippen LogP contribution in [0.3, 0.4) is 0 Å². The summed E-state index contributed by atoms with van der Waals surface area (Å²) in [6.45, 7) is 11.6. The van der Waals surface area contributed by atoms with Crippen molar-refractivity contribution in [3.05, 3.63) is 24.3 Å². The minimum atomic E-state index is -4.95. The van der Waals surface area contributed by atoms with Crippen molar-refractivity contribution in [3.63, 3.8) is 0 Å². The molecule has 0 bridgehead atoms. The molecule has 0 amide bonds. The molecule has 0 spiro atoms. The lowest BCUT2D eigenvalue weighted by Crippen LogP contribution is -2.30. The summed E-state index contributed by atoms with van der Waals surface area (Å²) in [5.74, 6) is -0.0588. The fourth-order valence-corrected chi connectivity index (χ4v) is 10.8. The van der Waals surface area contributed by atoms with Crippen LogP contribution in [0.5, 0.6) is 0 Å². The Morgan fingerprint density at radius 2 is 0.694 bits per heavy atom. The van der Waals surface area contributed by atoms with E-state index in [1.807, 2.05) is 0 Å². The lowest BCUT2D eigenvalue weighted by atomic mass is 10.00. The van der Waals surface area contributed by atoms with Gasteiger partial charge in [-0.05, 0) is 69.1 Å². The van der Waals surface area contributed by atoms with E-state index in [1.54, 1.807) is 0 Å². The van der Waals surface area contributed by atoms with Crippen LogP contribution in [-0.2, 0) is 65.4 Å². The van der Waals surface area contributed by atoms with Gasteiger partial charge in [0.2, 0.25) is 0 Å². The van der Waals surface area contributed by atoms with Crippen molar-refractivity contribution in [3.8, 4) is 0 Å². The van der Waals surface area contributed by atoms with Gasteiger partial charge < -0.3 is 33.8 Å². The molecule has 17 nitrogen and oxygen atoms in total. The second-order valence-electron chi connectivity index (χ2n) is 24.4. The van der Waals surface area contributed by atoms with Crippen LogP contribution in [-0.4, -0.2) is 96.7 Å². The maximum Gasteiger partial charge on any atom is 0.472 e. The average Bonchev–Trinajstić information content (AvgIpc) is 3.52. The highest BCUT2D eigenvalue weighted by Gasteiger charge is 2.30. The van der Waals surface area contributed by atoms with Gasteiger partial charge in [-0.25, -0.2) is 9.13 Å². The molecule has 0 aromatic rings. The molecular weight excluding hydrogens is 1130 g/mol. The predicted molar refractivity (Wildman–Crippen MR) is 340 cm³/mol.